The molecule has 1 atom stereocenters. The lowest BCUT2D eigenvalue weighted by molar-refractivity contribution is -0.167. The van der Waals surface area contributed by atoms with Gasteiger partial charge < -0.3 is 14.2 Å². The van der Waals surface area contributed by atoms with E-state index in [2.05, 4.69) is 118 Å². The summed E-state index contributed by atoms with van der Waals surface area (Å²) < 4.78 is 16.7. The molecule has 1 unspecified atom stereocenters. The summed E-state index contributed by atoms with van der Waals surface area (Å²) in [6.45, 7) is 6.44. The number of esters is 3. The quantitative estimate of drug-likeness (QED) is 0.0199. The van der Waals surface area contributed by atoms with Crippen LogP contribution >= 0.6 is 0 Å². The highest BCUT2D eigenvalue weighted by Gasteiger charge is 2.19. The van der Waals surface area contributed by atoms with E-state index in [1.54, 1.807) is 0 Å². The maximum Gasteiger partial charge on any atom is 0.306 e. The van der Waals surface area contributed by atoms with Crippen LogP contribution in [0.5, 0.6) is 0 Å². The summed E-state index contributed by atoms with van der Waals surface area (Å²) in [6, 6.07) is 0. The van der Waals surface area contributed by atoms with Crippen molar-refractivity contribution in [3.8, 4) is 0 Å². The van der Waals surface area contributed by atoms with Crippen LogP contribution in [0.15, 0.2) is 97.2 Å². The number of unbranched alkanes of at least 4 members (excludes halogenated alkanes) is 19. The molecule has 0 aromatic carbocycles. The average molecular weight is 875 g/mol. The SMILES string of the molecule is CCCC/C=C\C=C/CCCCCC(=O)OCC(COC(=O)CCC/C=C\C/C=C\C/C=C\C/C=C\CCCCC)OC(=O)CCCCCCCCC/C=C\C/C=C\CCCCC. The minimum Gasteiger partial charge on any atom is -0.462 e. The maximum atomic E-state index is 12.8. The van der Waals surface area contributed by atoms with Gasteiger partial charge in [0, 0.05) is 19.3 Å². The van der Waals surface area contributed by atoms with Crippen LogP contribution in [-0.2, 0) is 28.6 Å². The van der Waals surface area contributed by atoms with Crippen molar-refractivity contribution < 1.29 is 28.6 Å². The molecule has 0 N–H and O–H groups in total. The summed E-state index contributed by atoms with van der Waals surface area (Å²) in [5.74, 6) is -1.01. The lowest BCUT2D eigenvalue weighted by Gasteiger charge is -2.18. The van der Waals surface area contributed by atoms with Crippen molar-refractivity contribution >= 4 is 17.9 Å². The van der Waals surface area contributed by atoms with Crippen LogP contribution in [0.2, 0.25) is 0 Å². The van der Waals surface area contributed by atoms with Gasteiger partial charge in [-0.3, -0.25) is 14.4 Å². The molecule has 0 amide bonds. The maximum absolute atomic E-state index is 12.8. The summed E-state index contributed by atoms with van der Waals surface area (Å²) in [7, 11) is 0. The van der Waals surface area contributed by atoms with Crippen molar-refractivity contribution in [3.63, 3.8) is 0 Å². The predicted octanol–water partition coefficient (Wildman–Crippen LogP) is 17.0. The third kappa shape index (κ3) is 49.2. The van der Waals surface area contributed by atoms with Crippen LogP contribution in [0.1, 0.15) is 226 Å². The number of hydrogen-bond acceptors (Lipinski definition) is 6. The summed E-state index contributed by atoms with van der Waals surface area (Å²) in [5, 5.41) is 0. The van der Waals surface area contributed by atoms with E-state index < -0.39 is 6.10 Å². The van der Waals surface area contributed by atoms with Gasteiger partial charge in [-0.25, -0.2) is 0 Å². The first-order valence-corrected chi connectivity index (χ1v) is 25.8. The third-order valence-electron chi connectivity index (χ3n) is 10.6. The average Bonchev–Trinajstić information content (AvgIpc) is 3.28. The van der Waals surface area contributed by atoms with E-state index in [0.29, 0.717) is 19.3 Å². The normalized spacial score (nSPS) is 12.9. The van der Waals surface area contributed by atoms with E-state index in [9.17, 15) is 14.4 Å². The van der Waals surface area contributed by atoms with Gasteiger partial charge in [-0.1, -0.05) is 195 Å². The van der Waals surface area contributed by atoms with Crippen LogP contribution in [0.3, 0.4) is 0 Å². The minimum absolute atomic E-state index is 0.113. The number of carbonyl (C=O) groups is 3. The van der Waals surface area contributed by atoms with Crippen molar-refractivity contribution in [1.82, 2.24) is 0 Å². The Labute approximate surface area is 387 Å². The smallest absolute Gasteiger partial charge is 0.306 e. The molecule has 0 aromatic heterocycles. The zero-order valence-electron chi connectivity index (χ0n) is 40.8. The summed E-state index contributed by atoms with van der Waals surface area (Å²) in [5.41, 5.74) is 0. The van der Waals surface area contributed by atoms with Crippen molar-refractivity contribution in [2.75, 3.05) is 13.2 Å². The van der Waals surface area contributed by atoms with Gasteiger partial charge in [0.15, 0.2) is 6.10 Å². The van der Waals surface area contributed by atoms with Crippen molar-refractivity contribution in [2.45, 2.75) is 232 Å². The Hall–Kier alpha value is -3.67. The molecule has 0 fully saturated rings. The fourth-order valence-corrected chi connectivity index (χ4v) is 6.62. The number of allylic oxidation sites excluding steroid dienone is 16. The highest BCUT2D eigenvalue weighted by Crippen LogP contribution is 2.13. The lowest BCUT2D eigenvalue weighted by Crippen LogP contribution is -2.30. The Bertz CT molecular complexity index is 1280. The molecular formula is C57H94O6. The highest BCUT2D eigenvalue weighted by atomic mass is 16.6. The molecule has 0 bridgehead atoms. The molecule has 0 aliphatic carbocycles. The van der Waals surface area contributed by atoms with Gasteiger partial charge in [-0.15, -0.1) is 0 Å². The first-order valence-electron chi connectivity index (χ1n) is 25.8. The van der Waals surface area contributed by atoms with Crippen LogP contribution in [-0.4, -0.2) is 37.2 Å². The molecule has 0 aliphatic heterocycles. The van der Waals surface area contributed by atoms with Gasteiger partial charge in [0.1, 0.15) is 13.2 Å². The fourth-order valence-electron chi connectivity index (χ4n) is 6.62. The third-order valence-corrected chi connectivity index (χ3v) is 10.6. The zero-order valence-corrected chi connectivity index (χ0v) is 40.8. The molecule has 0 aromatic rings. The van der Waals surface area contributed by atoms with Crippen molar-refractivity contribution in [2.24, 2.45) is 0 Å². The van der Waals surface area contributed by atoms with Gasteiger partial charge in [0.05, 0.1) is 0 Å². The van der Waals surface area contributed by atoms with Crippen LogP contribution in [0.25, 0.3) is 0 Å². The molecule has 0 spiro atoms. The zero-order chi connectivity index (χ0) is 45.8. The second-order valence-corrected chi connectivity index (χ2v) is 16.7. The Morgan fingerprint density at radius 2 is 0.651 bits per heavy atom. The predicted molar refractivity (Wildman–Crippen MR) is 270 cm³/mol. The molecule has 0 radical (unpaired) electrons. The Kier molecular flexibility index (Phi) is 48.0. The Balaban J connectivity index is 4.51. The topological polar surface area (TPSA) is 78.9 Å². The summed E-state index contributed by atoms with van der Waals surface area (Å²) in [4.78, 5) is 37.9. The van der Waals surface area contributed by atoms with Crippen molar-refractivity contribution in [3.05, 3.63) is 97.2 Å². The molecule has 6 nitrogen and oxygen atoms in total. The molecule has 358 valence electrons. The second kappa shape index (κ2) is 51.0. The molecule has 0 heterocycles. The Morgan fingerprint density at radius 1 is 0.333 bits per heavy atom. The van der Waals surface area contributed by atoms with E-state index in [-0.39, 0.29) is 37.5 Å². The minimum atomic E-state index is -0.815. The standard InChI is InChI=1S/C57H94O6/c1-4-7-10-13-16-19-22-24-26-28-30-32-35-38-41-44-47-50-56(59)62-53-54(52-61-55(58)49-46-43-40-37-34-21-18-15-12-9-6-3)63-57(60)51-48-45-42-39-36-33-31-29-27-25-23-20-17-14-11-8-5-2/h15-21,24-27,30,32,34,38,41,54H,4-14,22-23,28-29,31,33,35-37,39-40,42-53H2,1-3H3/b18-15-,19-16-,20-17-,26-24-,27-25-,32-30-,34-21-,41-38-. The van der Waals surface area contributed by atoms with E-state index >= 15 is 0 Å². The van der Waals surface area contributed by atoms with Crippen LogP contribution in [0.4, 0.5) is 0 Å². The Morgan fingerprint density at radius 3 is 1.11 bits per heavy atom. The number of ether oxygens (including phenoxy) is 3. The lowest BCUT2D eigenvalue weighted by atomic mass is 10.1. The summed E-state index contributed by atoms with van der Waals surface area (Å²) >= 11 is 0. The molecule has 0 aliphatic rings. The molecule has 63 heavy (non-hydrogen) atoms. The molecule has 0 rings (SSSR count). The summed E-state index contributed by atoms with van der Waals surface area (Å²) in [6.07, 6.45) is 66.8. The fraction of sp³-hybridized carbons (Fsp3) is 0.667. The van der Waals surface area contributed by atoms with Gasteiger partial charge in [-0.2, -0.15) is 0 Å². The first-order chi connectivity index (χ1) is 31.0. The monoisotopic (exact) mass is 875 g/mol. The second-order valence-electron chi connectivity index (χ2n) is 16.7. The van der Waals surface area contributed by atoms with Gasteiger partial charge in [0.25, 0.3) is 0 Å². The van der Waals surface area contributed by atoms with Gasteiger partial charge in [-0.05, 0) is 109 Å². The molecule has 0 saturated heterocycles. The van der Waals surface area contributed by atoms with Gasteiger partial charge in [0.2, 0.25) is 0 Å². The van der Waals surface area contributed by atoms with Crippen molar-refractivity contribution in [1.29, 1.82) is 0 Å². The number of carbonyl (C=O) groups excluding carboxylic acids is 3. The van der Waals surface area contributed by atoms with E-state index in [1.807, 2.05) is 0 Å². The molecular weight excluding hydrogens is 781 g/mol. The molecule has 6 heteroatoms. The largest absolute Gasteiger partial charge is 0.462 e. The molecule has 0 saturated carbocycles. The number of rotatable bonds is 45. The van der Waals surface area contributed by atoms with E-state index in [1.165, 1.54) is 89.9 Å². The first kappa shape index (κ1) is 59.3. The van der Waals surface area contributed by atoms with E-state index in [4.69, 9.17) is 14.2 Å². The van der Waals surface area contributed by atoms with E-state index in [0.717, 1.165) is 89.9 Å². The van der Waals surface area contributed by atoms with Crippen LogP contribution in [0, 0.1) is 0 Å². The van der Waals surface area contributed by atoms with Gasteiger partial charge >= 0.3 is 17.9 Å². The number of hydrogen-bond donors (Lipinski definition) is 0. The van der Waals surface area contributed by atoms with Crippen LogP contribution < -0.4 is 0 Å². The highest BCUT2D eigenvalue weighted by molar-refractivity contribution is 5.71.